The van der Waals surface area contributed by atoms with Crippen LogP contribution in [0.15, 0.2) is 24.3 Å². The van der Waals surface area contributed by atoms with E-state index in [0.717, 1.165) is 44.9 Å². The number of esters is 1. The molecule has 3 N–H and O–H groups in total. The molecule has 0 rings (SSSR count). The Morgan fingerprint density at radius 1 is 0.322 bits per heavy atom. The Morgan fingerprint density at radius 2 is 0.575 bits per heavy atom. The van der Waals surface area contributed by atoms with Crippen LogP contribution in [0.25, 0.3) is 0 Å². The summed E-state index contributed by atoms with van der Waals surface area (Å²) in [7, 11) is 0. The van der Waals surface area contributed by atoms with Crippen LogP contribution in [-0.4, -0.2) is 47.4 Å². The first-order valence-corrected chi connectivity index (χ1v) is 40.1. The Labute approximate surface area is 545 Å². The van der Waals surface area contributed by atoms with E-state index >= 15 is 0 Å². The van der Waals surface area contributed by atoms with Crippen LogP contribution >= 0.6 is 0 Å². The molecule has 0 aromatic carbocycles. The zero-order chi connectivity index (χ0) is 62.8. The molecule has 516 valence electrons. The second-order valence-electron chi connectivity index (χ2n) is 27.8. The van der Waals surface area contributed by atoms with Crippen LogP contribution in [0.5, 0.6) is 0 Å². The lowest BCUT2D eigenvalue weighted by Crippen LogP contribution is -2.45. The first-order chi connectivity index (χ1) is 43.0. The number of hydrogen-bond acceptors (Lipinski definition) is 5. The van der Waals surface area contributed by atoms with Gasteiger partial charge in [0.2, 0.25) is 5.91 Å². The van der Waals surface area contributed by atoms with Gasteiger partial charge in [0.25, 0.3) is 0 Å². The minimum absolute atomic E-state index is 0.0191. The molecule has 1 amide bonds. The first kappa shape index (κ1) is 85.3. The molecule has 0 saturated heterocycles. The third-order valence-electron chi connectivity index (χ3n) is 19.0. The van der Waals surface area contributed by atoms with Crippen LogP contribution in [0.1, 0.15) is 457 Å². The lowest BCUT2D eigenvalue weighted by atomic mass is 10.0. The summed E-state index contributed by atoms with van der Waals surface area (Å²) in [6.45, 7) is 5.01. The van der Waals surface area contributed by atoms with E-state index < -0.39 is 12.1 Å². The quantitative estimate of drug-likeness (QED) is 0.0320. The maximum atomic E-state index is 12.6. The Balaban J connectivity index is 3.37. The number of nitrogens with one attached hydrogen (secondary N) is 1. The summed E-state index contributed by atoms with van der Waals surface area (Å²) in [6, 6.07) is -0.542. The minimum Gasteiger partial charge on any atom is -0.466 e. The molecular weight excluding hydrogens is 1070 g/mol. The SMILES string of the molecule is CCCCCCCCCCCCCCCCCCCCCCC(O)C(CO)NC(=O)CCCCCCCCCCCCCCCCC/C=C\C/C=C\CCCCCCCCCCCOC(=O)CCCCCCCCCCCCCCCCCCCCC. The van der Waals surface area contributed by atoms with Crippen LogP contribution in [0.2, 0.25) is 0 Å². The number of rotatable bonds is 76. The van der Waals surface area contributed by atoms with Gasteiger partial charge in [0.05, 0.1) is 25.4 Å². The molecule has 2 atom stereocenters. The van der Waals surface area contributed by atoms with Gasteiger partial charge in [-0.1, -0.05) is 411 Å². The van der Waals surface area contributed by atoms with E-state index in [1.807, 2.05) is 0 Å². The predicted molar refractivity (Wildman–Crippen MR) is 384 cm³/mol. The van der Waals surface area contributed by atoms with E-state index in [0.29, 0.717) is 25.9 Å². The van der Waals surface area contributed by atoms with Crippen molar-refractivity contribution in [3.05, 3.63) is 24.3 Å². The summed E-state index contributed by atoms with van der Waals surface area (Å²) in [4.78, 5) is 24.7. The maximum Gasteiger partial charge on any atom is 0.305 e. The van der Waals surface area contributed by atoms with Crippen molar-refractivity contribution in [3.8, 4) is 0 Å². The van der Waals surface area contributed by atoms with E-state index in [9.17, 15) is 19.8 Å². The monoisotopic (exact) mass is 1220 g/mol. The van der Waals surface area contributed by atoms with Crippen LogP contribution in [-0.2, 0) is 14.3 Å². The van der Waals surface area contributed by atoms with Gasteiger partial charge in [-0.15, -0.1) is 0 Å². The van der Waals surface area contributed by atoms with Crippen LogP contribution < -0.4 is 5.32 Å². The molecule has 0 radical (unpaired) electrons. The topological polar surface area (TPSA) is 95.9 Å². The number of hydrogen-bond donors (Lipinski definition) is 3. The molecule has 0 aromatic heterocycles. The number of unbranched alkanes of at least 4 members (excludes halogenated alkanes) is 61. The molecule has 0 aliphatic rings. The zero-order valence-electron chi connectivity index (χ0n) is 59.3. The Hall–Kier alpha value is -1.66. The summed E-state index contributed by atoms with van der Waals surface area (Å²) in [5.41, 5.74) is 0. The lowest BCUT2D eigenvalue weighted by Gasteiger charge is -2.22. The van der Waals surface area contributed by atoms with Gasteiger partial charge in [0.1, 0.15) is 0 Å². The van der Waals surface area contributed by atoms with Crippen molar-refractivity contribution >= 4 is 11.9 Å². The number of carbonyl (C=O) groups excluding carboxylic acids is 2. The Kier molecular flexibility index (Phi) is 75.3. The molecule has 0 aliphatic heterocycles. The standard InChI is InChI=1S/C81H157NO5/c1-3-5-7-9-11-13-15-17-19-21-23-38-41-45-49-53-57-61-65-69-73-79(84)78(77-83)82-80(85)74-70-66-62-58-54-50-46-42-39-35-33-31-29-27-25-24-26-28-30-32-34-36-40-44-48-52-56-60-64-68-72-76-87-81(86)75-71-67-63-59-55-51-47-43-37-22-20-18-16-14-12-10-8-6-4-2/h26,28,32,34,78-79,83-84H,3-25,27,29-31,33,35-77H2,1-2H3,(H,82,85)/b28-26-,34-32-. The highest BCUT2D eigenvalue weighted by Gasteiger charge is 2.20. The van der Waals surface area contributed by atoms with Gasteiger partial charge in [0, 0.05) is 12.8 Å². The molecule has 0 aromatic rings. The highest BCUT2D eigenvalue weighted by atomic mass is 16.5. The zero-order valence-corrected chi connectivity index (χ0v) is 59.3. The van der Waals surface area contributed by atoms with Crippen molar-refractivity contribution in [2.24, 2.45) is 0 Å². The van der Waals surface area contributed by atoms with E-state index in [-0.39, 0.29) is 18.5 Å². The van der Waals surface area contributed by atoms with Crippen molar-refractivity contribution < 1.29 is 24.5 Å². The van der Waals surface area contributed by atoms with Gasteiger partial charge in [-0.05, 0) is 57.8 Å². The van der Waals surface area contributed by atoms with Crippen molar-refractivity contribution in [3.63, 3.8) is 0 Å². The molecule has 0 heterocycles. The summed E-state index contributed by atoms with van der Waals surface area (Å²) in [5.74, 6) is -0.0102. The summed E-state index contributed by atoms with van der Waals surface area (Å²) < 4.78 is 5.52. The number of aliphatic hydroxyl groups excluding tert-OH is 2. The minimum atomic E-state index is -0.665. The Morgan fingerprint density at radius 3 is 0.874 bits per heavy atom. The fourth-order valence-electron chi connectivity index (χ4n) is 12.9. The molecule has 0 spiro atoms. The average Bonchev–Trinajstić information content (AvgIpc) is 3.53. The summed E-state index contributed by atoms with van der Waals surface area (Å²) in [5, 5.41) is 23.4. The van der Waals surface area contributed by atoms with Gasteiger partial charge in [-0.3, -0.25) is 9.59 Å². The molecule has 0 saturated carbocycles. The van der Waals surface area contributed by atoms with Gasteiger partial charge in [0.15, 0.2) is 0 Å². The van der Waals surface area contributed by atoms with Crippen molar-refractivity contribution in [2.75, 3.05) is 13.2 Å². The van der Waals surface area contributed by atoms with E-state index in [2.05, 4.69) is 43.5 Å². The van der Waals surface area contributed by atoms with E-state index in [1.54, 1.807) is 0 Å². The number of aliphatic hydroxyl groups is 2. The molecule has 6 heteroatoms. The lowest BCUT2D eigenvalue weighted by molar-refractivity contribution is -0.143. The second kappa shape index (κ2) is 76.8. The molecule has 0 fully saturated rings. The van der Waals surface area contributed by atoms with Crippen molar-refractivity contribution in [2.45, 2.75) is 469 Å². The number of amides is 1. The third-order valence-corrected chi connectivity index (χ3v) is 19.0. The maximum absolute atomic E-state index is 12.6. The predicted octanol–water partition coefficient (Wildman–Crippen LogP) is 26.4. The largest absolute Gasteiger partial charge is 0.466 e. The molecule has 0 bridgehead atoms. The summed E-state index contributed by atoms with van der Waals surface area (Å²) in [6.07, 6.45) is 98.4. The van der Waals surface area contributed by atoms with Crippen LogP contribution in [0, 0.1) is 0 Å². The summed E-state index contributed by atoms with van der Waals surface area (Å²) >= 11 is 0. The van der Waals surface area contributed by atoms with Crippen LogP contribution in [0.3, 0.4) is 0 Å². The second-order valence-corrected chi connectivity index (χ2v) is 27.8. The smallest absolute Gasteiger partial charge is 0.305 e. The molecule has 87 heavy (non-hydrogen) atoms. The third kappa shape index (κ3) is 73.3. The van der Waals surface area contributed by atoms with Crippen LogP contribution in [0.4, 0.5) is 0 Å². The number of allylic oxidation sites excluding steroid dienone is 4. The van der Waals surface area contributed by atoms with Crippen molar-refractivity contribution in [1.29, 1.82) is 0 Å². The van der Waals surface area contributed by atoms with E-state index in [4.69, 9.17) is 4.74 Å². The van der Waals surface area contributed by atoms with Gasteiger partial charge < -0.3 is 20.3 Å². The van der Waals surface area contributed by atoms with Gasteiger partial charge in [-0.2, -0.15) is 0 Å². The van der Waals surface area contributed by atoms with Gasteiger partial charge in [-0.25, -0.2) is 0 Å². The molecule has 0 aliphatic carbocycles. The first-order valence-electron chi connectivity index (χ1n) is 40.1. The molecule has 6 nitrogen and oxygen atoms in total. The highest BCUT2D eigenvalue weighted by Crippen LogP contribution is 2.20. The average molecular weight is 1230 g/mol. The normalized spacial score (nSPS) is 12.6. The fourth-order valence-corrected chi connectivity index (χ4v) is 12.9. The molecule has 2 unspecified atom stereocenters. The molecular formula is C81H157NO5. The van der Waals surface area contributed by atoms with E-state index in [1.165, 1.54) is 379 Å². The Bertz CT molecular complexity index is 1360. The van der Waals surface area contributed by atoms with Crippen molar-refractivity contribution in [1.82, 2.24) is 5.32 Å². The number of carbonyl (C=O) groups is 2. The van der Waals surface area contributed by atoms with Gasteiger partial charge >= 0.3 is 5.97 Å². The number of ether oxygens (including phenoxy) is 1. The highest BCUT2D eigenvalue weighted by molar-refractivity contribution is 5.76. The fraction of sp³-hybridized carbons (Fsp3) is 0.926.